The molecule has 4 nitrogen and oxygen atoms in total. The molecular formula is C6H4N2O2. The van der Waals surface area contributed by atoms with Gasteiger partial charge in [0.2, 0.25) is 5.71 Å². The van der Waals surface area contributed by atoms with E-state index in [1.165, 1.54) is 18.7 Å². The Bertz CT molecular complexity index is 355. The largest absolute Gasteiger partial charge is 0.506 e. The summed E-state index contributed by atoms with van der Waals surface area (Å²) in [6, 6.07) is 1.49. The number of oxazole rings is 1. The number of hydrogen-bond acceptors (Lipinski definition) is 4. The number of hydrogen-bond donors (Lipinski definition) is 1. The highest BCUT2D eigenvalue weighted by molar-refractivity contribution is 5.68. The molecule has 0 bridgehead atoms. The number of aromatic hydroxyl groups is 1. The zero-order chi connectivity index (χ0) is 6.97. The fourth-order valence-electron chi connectivity index (χ4n) is 0.746. The lowest BCUT2D eigenvalue weighted by molar-refractivity contribution is 0.473. The van der Waals surface area contributed by atoms with Gasteiger partial charge in [0.15, 0.2) is 6.39 Å². The molecule has 2 aromatic heterocycles. The van der Waals surface area contributed by atoms with Crippen molar-refractivity contribution in [3.05, 3.63) is 18.7 Å². The summed E-state index contributed by atoms with van der Waals surface area (Å²) in [5, 5.41) is 8.90. The van der Waals surface area contributed by atoms with E-state index in [4.69, 9.17) is 9.52 Å². The molecule has 0 saturated heterocycles. The molecule has 0 aliphatic rings. The maximum atomic E-state index is 8.90. The Hall–Kier alpha value is -1.58. The molecule has 10 heavy (non-hydrogen) atoms. The predicted octanol–water partition coefficient (Wildman–Crippen LogP) is 0.928. The van der Waals surface area contributed by atoms with Gasteiger partial charge in [-0.1, -0.05) is 0 Å². The van der Waals surface area contributed by atoms with E-state index in [0.29, 0.717) is 11.2 Å². The second-order valence-corrected chi connectivity index (χ2v) is 1.87. The molecule has 0 fully saturated rings. The molecule has 2 heterocycles. The van der Waals surface area contributed by atoms with Crippen LogP contribution >= 0.6 is 0 Å². The number of rotatable bonds is 0. The van der Waals surface area contributed by atoms with E-state index >= 15 is 0 Å². The van der Waals surface area contributed by atoms with E-state index in [-0.39, 0.29) is 5.75 Å². The van der Waals surface area contributed by atoms with Gasteiger partial charge < -0.3 is 9.52 Å². The molecular weight excluding hydrogens is 132 g/mol. The molecule has 0 aliphatic heterocycles. The van der Waals surface area contributed by atoms with E-state index in [9.17, 15) is 0 Å². The summed E-state index contributed by atoms with van der Waals surface area (Å²) in [6.07, 6.45) is 2.60. The number of fused-ring (bicyclic) bond motifs is 1. The van der Waals surface area contributed by atoms with Crippen molar-refractivity contribution in [3.63, 3.8) is 0 Å². The highest BCUT2D eigenvalue weighted by atomic mass is 16.3. The van der Waals surface area contributed by atoms with Crippen LogP contribution in [0.1, 0.15) is 0 Å². The van der Waals surface area contributed by atoms with Crippen LogP contribution in [0.2, 0.25) is 0 Å². The third-order valence-corrected chi connectivity index (χ3v) is 1.17. The average Bonchev–Trinajstić information content (AvgIpc) is 2.33. The number of aromatic nitrogens is 2. The van der Waals surface area contributed by atoms with Crippen LogP contribution in [0.4, 0.5) is 0 Å². The first-order chi connectivity index (χ1) is 4.86. The monoisotopic (exact) mass is 136 g/mol. The highest BCUT2D eigenvalue weighted by Gasteiger charge is 1.98. The van der Waals surface area contributed by atoms with Crippen LogP contribution in [0, 0.1) is 0 Å². The molecule has 1 N–H and O–H groups in total. The molecule has 0 saturated carbocycles. The summed E-state index contributed by atoms with van der Waals surface area (Å²) in [4.78, 5) is 7.55. The van der Waals surface area contributed by atoms with Crippen LogP contribution in [0.25, 0.3) is 11.2 Å². The minimum absolute atomic E-state index is 0.0985. The molecule has 50 valence electrons. The van der Waals surface area contributed by atoms with Gasteiger partial charge in [-0.3, -0.25) is 0 Å². The minimum atomic E-state index is 0.0985. The van der Waals surface area contributed by atoms with Crippen LogP contribution in [0.15, 0.2) is 23.1 Å². The molecule has 2 rings (SSSR count). The van der Waals surface area contributed by atoms with Crippen molar-refractivity contribution >= 4 is 11.2 Å². The van der Waals surface area contributed by atoms with Crippen molar-refractivity contribution in [3.8, 4) is 5.75 Å². The van der Waals surface area contributed by atoms with Crippen molar-refractivity contribution in [1.29, 1.82) is 0 Å². The van der Waals surface area contributed by atoms with Crippen LogP contribution in [0.5, 0.6) is 5.75 Å². The molecule has 4 heteroatoms. The van der Waals surface area contributed by atoms with E-state index in [1.54, 1.807) is 0 Å². The Kier molecular flexibility index (Phi) is 0.887. The Balaban J connectivity index is 2.86. The van der Waals surface area contributed by atoms with Gasteiger partial charge in [-0.05, 0) is 0 Å². The van der Waals surface area contributed by atoms with E-state index < -0.39 is 0 Å². The van der Waals surface area contributed by atoms with Gasteiger partial charge in [0, 0.05) is 6.07 Å². The third-order valence-electron chi connectivity index (χ3n) is 1.17. The standard InChI is InChI=1S/C6H4N2O2/c9-4-1-5-6(7-2-4)10-3-8-5/h1-3,9H. The lowest BCUT2D eigenvalue weighted by Crippen LogP contribution is -1.72. The minimum Gasteiger partial charge on any atom is -0.506 e. The van der Waals surface area contributed by atoms with Gasteiger partial charge in [0.05, 0.1) is 6.20 Å². The van der Waals surface area contributed by atoms with Crippen molar-refractivity contribution in [2.75, 3.05) is 0 Å². The Labute approximate surface area is 56.1 Å². The van der Waals surface area contributed by atoms with Crippen molar-refractivity contribution in [2.24, 2.45) is 0 Å². The topological polar surface area (TPSA) is 59.2 Å². The fraction of sp³-hybridized carbons (Fsp3) is 0. The normalized spacial score (nSPS) is 10.4. The smallest absolute Gasteiger partial charge is 0.246 e. The molecule has 0 amide bonds. The highest BCUT2D eigenvalue weighted by Crippen LogP contribution is 2.14. The first-order valence-corrected chi connectivity index (χ1v) is 2.74. The molecule has 0 radical (unpaired) electrons. The Morgan fingerprint density at radius 1 is 1.40 bits per heavy atom. The van der Waals surface area contributed by atoms with Gasteiger partial charge in [-0.15, -0.1) is 0 Å². The van der Waals surface area contributed by atoms with Crippen molar-refractivity contribution in [2.45, 2.75) is 0 Å². The Morgan fingerprint density at radius 3 is 3.20 bits per heavy atom. The maximum Gasteiger partial charge on any atom is 0.246 e. The summed E-state index contributed by atoms with van der Waals surface area (Å²) in [6.45, 7) is 0. The molecule has 0 unspecified atom stereocenters. The summed E-state index contributed by atoms with van der Waals surface area (Å²) < 4.78 is 4.84. The fourth-order valence-corrected chi connectivity index (χ4v) is 0.746. The van der Waals surface area contributed by atoms with Gasteiger partial charge >= 0.3 is 0 Å². The first kappa shape index (κ1) is 5.22. The van der Waals surface area contributed by atoms with E-state index in [2.05, 4.69) is 9.97 Å². The van der Waals surface area contributed by atoms with Gasteiger partial charge in [-0.25, -0.2) is 9.97 Å². The van der Waals surface area contributed by atoms with E-state index in [1.807, 2.05) is 0 Å². The number of nitrogens with zero attached hydrogens (tertiary/aromatic N) is 2. The summed E-state index contributed by atoms with van der Waals surface area (Å²) >= 11 is 0. The summed E-state index contributed by atoms with van der Waals surface area (Å²) in [7, 11) is 0. The molecule has 0 atom stereocenters. The lowest BCUT2D eigenvalue weighted by Gasteiger charge is -1.86. The van der Waals surface area contributed by atoms with Crippen LogP contribution < -0.4 is 0 Å². The molecule has 0 aliphatic carbocycles. The second kappa shape index (κ2) is 1.70. The molecule has 0 spiro atoms. The van der Waals surface area contributed by atoms with Crippen LogP contribution in [0.3, 0.4) is 0 Å². The molecule has 2 aromatic rings. The Morgan fingerprint density at radius 2 is 2.30 bits per heavy atom. The van der Waals surface area contributed by atoms with Crippen molar-refractivity contribution < 1.29 is 9.52 Å². The predicted molar refractivity (Wildman–Crippen MR) is 33.5 cm³/mol. The third kappa shape index (κ3) is 0.621. The van der Waals surface area contributed by atoms with Crippen molar-refractivity contribution in [1.82, 2.24) is 9.97 Å². The number of pyridine rings is 1. The lowest BCUT2D eigenvalue weighted by atomic mass is 10.4. The zero-order valence-corrected chi connectivity index (χ0v) is 4.98. The van der Waals surface area contributed by atoms with Crippen LogP contribution in [-0.4, -0.2) is 15.1 Å². The maximum absolute atomic E-state index is 8.90. The van der Waals surface area contributed by atoms with Gasteiger partial charge in [0.1, 0.15) is 11.3 Å². The van der Waals surface area contributed by atoms with Gasteiger partial charge in [-0.2, -0.15) is 0 Å². The quantitative estimate of drug-likeness (QED) is 0.585. The van der Waals surface area contributed by atoms with Gasteiger partial charge in [0.25, 0.3) is 0 Å². The SMILES string of the molecule is Oc1cnc2ocnc2c1. The zero-order valence-electron chi connectivity index (χ0n) is 4.98. The summed E-state index contributed by atoms with van der Waals surface area (Å²) in [5.74, 6) is 0.0985. The average molecular weight is 136 g/mol. The second-order valence-electron chi connectivity index (χ2n) is 1.87. The molecule has 0 aromatic carbocycles. The first-order valence-electron chi connectivity index (χ1n) is 2.74. The summed E-state index contributed by atoms with van der Waals surface area (Å²) in [5.41, 5.74) is 1.01. The van der Waals surface area contributed by atoms with Crippen LogP contribution in [-0.2, 0) is 0 Å². The van der Waals surface area contributed by atoms with E-state index in [0.717, 1.165) is 0 Å².